The summed E-state index contributed by atoms with van der Waals surface area (Å²) in [6.45, 7) is 2.41. The van der Waals surface area contributed by atoms with Crippen molar-refractivity contribution in [1.82, 2.24) is 5.32 Å². The molecule has 0 bridgehead atoms. The summed E-state index contributed by atoms with van der Waals surface area (Å²) in [5, 5.41) is 5.60. The predicted octanol–water partition coefficient (Wildman–Crippen LogP) is 3.96. The van der Waals surface area contributed by atoms with Crippen LogP contribution >= 0.6 is 0 Å². The molecule has 1 fully saturated rings. The summed E-state index contributed by atoms with van der Waals surface area (Å²) in [5.41, 5.74) is 2.90. The lowest BCUT2D eigenvalue weighted by Crippen LogP contribution is -2.24. The Morgan fingerprint density at radius 3 is 2.33 bits per heavy atom. The van der Waals surface area contributed by atoms with E-state index in [1.807, 2.05) is 31.2 Å². The van der Waals surface area contributed by atoms with Crippen LogP contribution in [0.2, 0.25) is 0 Å². The zero-order chi connectivity index (χ0) is 16.9. The summed E-state index contributed by atoms with van der Waals surface area (Å²) in [5.74, 6) is 0.265. The number of carbonyl (C=O) groups is 2. The molecular weight excluding hydrogens is 300 g/mol. The maximum absolute atomic E-state index is 12.5. The monoisotopic (exact) mass is 322 g/mol. The van der Waals surface area contributed by atoms with Crippen molar-refractivity contribution in [3.63, 3.8) is 0 Å². The van der Waals surface area contributed by atoms with Crippen LogP contribution in [0.4, 0.5) is 5.69 Å². The summed E-state index contributed by atoms with van der Waals surface area (Å²) < 4.78 is 0. The van der Waals surface area contributed by atoms with E-state index in [1.165, 1.54) is 24.8 Å². The Morgan fingerprint density at radius 1 is 1.00 bits per heavy atom. The summed E-state index contributed by atoms with van der Waals surface area (Å²) in [7, 11) is 0. The van der Waals surface area contributed by atoms with Crippen LogP contribution in [0.1, 0.15) is 58.4 Å². The van der Waals surface area contributed by atoms with E-state index in [2.05, 4.69) is 10.6 Å². The maximum Gasteiger partial charge on any atom is 0.255 e. The number of rotatable bonds is 5. The number of anilines is 1. The van der Waals surface area contributed by atoms with Crippen molar-refractivity contribution in [1.29, 1.82) is 0 Å². The van der Waals surface area contributed by atoms with Gasteiger partial charge in [-0.2, -0.15) is 0 Å². The van der Waals surface area contributed by atoms with Crippen molar-refractivity contribution >= 4 is 17.5 Å². The second-order valence-electron chi connectivity index (χ2n) is 6.11. The number of nitrogens with one attached hydrogen (secondary N) is 2. The van der Waals surface area contributed by atoms with Crippen molar-refractivity contribution in [2.45, 2.75) is 32.1 Å². The van der Waals surface area contributed by atoms with Gasteiger partial charge in [0.15, 0.2) is 0 Å². The van der Waals surface area contributed by atoms with E-state index in [9.17, 15) is 9.59 Å². The van der Waals surface area contributed by atoms with Crippen LogP contribution in [0.25, 0.3) is 0 Å². The van der Waals surface area contributed by atoms with Crippen LogP contribution in [0, 0.1) is 0 Å². The van der Waals surface area contributed by atoms with E-state index in [-0.39, 0.29) is 11.8 Å². The molecule has 0 saturated heterocycles. The molecule has 2 amide bonds. The van der Waals surface area contributed by atoms with Crippen molar-refractivity contribution in [2.24, 2.45) is 0 Å². The van der Waals surface area contributed by atoms with Gasteiger partial charge in [-0.1, -0.05) is 30.7 Å². The molecule has 124 valence electrons. The quantitative estimate of drug-likeness (QED) is 0.875. The van der Waals surface area contributed by atoms with Crippen LogP contribution in [-0.2, 0) is 0 Å². The second kappa shape index (κ2) is 7.30. The van der Waals surface area contributed by atoms with Crippen molar-refractivity contribution in [3.8, 4) is 0 Å². The lowest BCUT2D eigenvalue weighted by molar-refractivity contribution is 0.0956. The lowest BCUT2D eigenvalue weighted by atomic mass is 9.80. The highest BCUT2D eigenvalue weighted by atomic mass is 16.2. The first kappa shape index (κ1) is 16.2. The molecule has 0 radical (unpaired) electrons. The third-order valence-electron chi connectivity index (χ3n) is 4.51. The minimum atomic E-state index is -0.202. The molecule has 0 atom stereocenters. The van der Waals surface area contributed by atoms with Gasteiger partial charge in [0.25, 0.3) is 11.8 Å². The fraction of sp³-hybridized carbons (Fsp3) is 0.300. The first-order chi connectivity index (χ1) is 11.7. The first-order valence-corrected chi connectivity index (χ1v) is 8.47. The summed E-state index contributed by atoms with van der Waals surface area (Å²) >= 11 is 0. The van der Waals surface area contributed by atoms with Crippen molar-refractivity contribution in [2.75, 3.05) is 11.9 Å². The molecule has 4 heteroatoms. The molecule has 1 saturated carbocycles. The predicted molar refractivity (Wildman–Crippen MR) is 95.4 cm³/mol. The summed E-state index contributed by atoms with van der Waals surface area (Å²) in [4.78, 5) is 24.5. The highest BCUT2D eigenvalue weighted by molar-refractivity contribution is 6.09. The highest BCUT2D eigenvalue weighted by Crippen LogP contribution is 2.36. The Bertz CT molecular complexity index is 734. The fourth-order valence-corrected chi connectivity index (χ4v) is 2.89. The normalized spacial score (nSPS) is 13.9. The van der Waals surface area contributed by atoms with Gasteiger partial charge in [0, 0.05) is 12.1 Å². The largest absolute Gasteiger partial charge is 0.352 e. The lowest BCUT2D eigenvalue weighted by Gasteiger charge is -2.25. The van der Waals surface area contributed by atoms with Gasteiger partial charge in [-0.05, 0) is 55.5 Å². The van der Waals surface area contributed by atoms with E-state index in [4.69, 9.17) is 0 Å². The minimum absolute atomic E-state index is 0.186. The molecule has 1 aliphatic carbocycles. The van der Waals surface area contributed by atoms with E-state index in [1.54, 1.807) is 24.3 Å². The van der Waals surface area contributed by atoms with Crippen LogP contribution in [0.3, 0.4) is 0 Å². The number of hydrogen-bond acceptors (Lipinski definition) is 2. The highest BCUT2D eigenvalue weighted by Gasteiger charge is 2.19. The van der Waals surface area contributed by atoms with Gasteiger partial charge < -0.3 is 10.6 Å². The molecule has 4 nitrogen and oxygen atoms in total. The maximum atomic E-state index is 12.5. The van der Waals surface area contributed by atoms with Crippen LogP contribution in [0.15, 0.2) is 48.5 Å². The SMILES string of the molecule is CCNC(=O)c1ccccc1NC(=O)c1ccc(C2CCC2)cc1. The van der Waals surface area contributed by atoms with Gasteiger partial charge in [0.05, 0.1) is 11.3 Å². The Kier molecular flexibility index (Phi) is 4.94. The topological polar surface area (TPSA) is 58.2 Å². The second-order valence-corrected chi connectivity index (χ2v) is 6.11. The molecule has 0 heterocycles. The van der Waals surface area contributed by atoms with Gasteiger partial charge in [-0.25, -0.2) is 0 Å². The van der Waals surface area contributed by atoms with E-state index < -0.39 is 0 Å². The zero-order valence-corrected chi connectivity index (χ0v) is 13.8. The molecule has 2 aromatic rings. The summed E-state index contributed by atoms with van der Waals surface area (Å²) in [6.07, 6.45) is 3.78. The van der Waals surface area contributed by atoms with Gasteiger partial charge in [-0.15, -0.1) is 0 Å². The number of para-hydroxylation sites is 1. The molecule has 2 N–H and O–H groups in total. The summed E-state index contributed by atoms with van der Waals surface area (Å²) in [6, 6.07) is 14.8. The third kappa shape index (κ3) is 3.48. The molecule has 0 spiro atoms. The van der Waals surface area contributed by atoms with Crippen molar-refractivity contribution < 1.29 is 9.59 Å². The molecule has 3 rings (SSSR count). The number of amides is 2. The fourth-order valence-electron chi connectivity index (χ4n) is 2.89. The third-order valence-corrected chi connectivity index (χ3v) is 4.51. The molecular formula is C20H22N2O2. The molecule has 0 unspecified atom stereocenters. The van der Waals surface area contributed by atoms with Crippen LogP contribution in [0.5, 0.6) is 0 Å². The standard InChI is InChI=1S/C20H22N2O2/c1-2-21-20(24)17-8-3-4-9-18(17)22-19(23)16-12-10-15(11-13-16)14-6-5-7-14/h3-4,8-14H,2,5-7H2,1H3,(H,21,24)(H,22,23). The zero-order valence-electron chi connectivity index (χ0n) is 13.8. The Hall–Kier alpha value is -2.62. The van der Waals surface area contributed by atoms with E-state index >= 15 is 0 Å². The molecule has 0 aliphatic heterocycles. The smallest absolute Gasteiger partial charge is 0.255 e. The van der Waals surface area contributed by atoms with Gasteiger partial charge in [0.2, 0.25) is 0 Å². The minimum Gasteiger partial charge on any atom is -0.352 e. The Balaban J connectivity index is 1.73. The molecule has 2 aromatic carbocycles. The van der Waals surface area contributed by atoms with Gasteiger partial charge >= 0.3 is 0 Å². The number of carbonyl (C=O) groups excluding carboxylic acids is 2. The first-order valence-electron chi connectivity index (χ1n) is 8.47. The molecule has 1 aliphatic rings. The van der Waals surface area contributed by atoms with Crippen molar-refractivity contribution in [3.05, 3.63) is 65.2 Å². The average Bonchev–Trinajstić information content (AvgIpc) is 2.54. The number of benzene rings is 2. The Labute approximate surface area is 142 Å². The molecule has 0 aromatic heterocycles. The Morgan fingerprint density at radius 2 is 1.71 bits per heavy atom. The van der Waals surface area contributed by atoms with Crippen LogP contribution < -0.4 is 10.6 Å². The number of hydrogen-bond donors (Lipinski definition) is 2. The van der Waals surface area contributed by atoms with Gasteiger partial charge in [0.1, 0.15) is 0 Å². The molecule has 24 heavy (non-hydrogen) atoms. The average molecular weight is 322 g/mol. The van der Waals surface area contributed by atoms with E-state index in [0.717, 1.165) is 0 Å². The van der Waals surface area contributed by atoms with Crippen LogP contribution in [-0.4, -0.2) is 18.4 Å². The van der Waals surface area contributed by atoms with Gasteiger partial charge in [-0.3, -0.25) is 9.59 Å². The van der Waals surface area contributed by atoms with E-state index in [0.29, 0.717) is 29.3 Å².